The van der Waals surface area contributed by atoms with Crippen molar-refractivity contribution < 1.29 is 14.4 Å². The zero-order valence-corrected chi connectivity index (χ0v) is 12.0. The fourth-order valence-corrected chi connectivity index (χ4v) is 3.25. The third kappa shape index (κ3) is 2.46. The molecule has 0 aromatic heterocycles. The van der Waals surface area contributed by atoms with Crippen molar-refractivity contribution >= 4 is 28.7 Å². The van der Waals surface area contributed by atoms with Gasteiger partial charge < -0.3 is 5.11 Å². The van der Waals surface area contributed by atoms with Crippen LogP contribution in [0.4, 0.5) is 4.79 Å². The summed E-state index contributed by atoms with van der Waals surface area (Å²) in [5, 5.41) is 9.45. The minimum Gasteiger partial charge on any atom is -0.435 e. The third-order valence-electron chi connectivity index (χ3n) is 3.71. The Morgan fingerprint density at radius 2 is 1.87 bits per heavy atom. The van der Waals surface area contributed by atoms with Gasteiger partial charge in [0.2, 0.25) is 0 Å². The first-order valence-electron chi connectivity index (χ1n) is 5.50. The van der Waals surface area contributed by atoms with Gasteiger partial charge in [0.05, 0.1) is 13.1 Å². The molecular formula is C11H21INO2+. The van der Waals surface area contributed by atoms with Gasteiger partial charge in [-0.05, 0) is 26.7 Å². The van der Waals surface area contributed by atoms with Crippen molar-refractivity contribution in [2.75, 3.05) is 17.5 Å². The van der Waals surface area contributed by atoms with Gasteiger partial charge >= 0.3 is 6.09 Å². The minimum atomic E-state index is -0.658. The van der Waals surface area contributed by atoms with E-state index in [9.17, 15) is 9.90 Å². The van der Waals surface area contributed by atoms with E-state index in [0.29, 0.717) is 0 Å². The fraction of sp³-hybridized carbons (Fsp3) is 0.909. The maximum atomic E-state index is 11.5. The molecule has 0 aromatic rings. The molecule has 88 valence electrons. The van der Waals surface area contributed by atoms with E-state index >= 15 is 0 Å². The van der Waals surface area contributed by atoms with Gasteiger partial charge in [0.15, 0.2) is 0 Å². The Labute approximate surface area is 106 Å². The van der Waals surface area contributed by atoms with Crippen molar-refractivity contribution in [1.29, 1.82) is 0 Å². The molecule has 0 unspecified atom stereocenters. The van der Waals surface area contributed by atoms with Gasteiger partial charge in [0.1, 0.15) is 5.54 Å². The van der Waals surface area contributed by atoms with Crippen molar-refractivity contribution in [2.45, 2.75) is 39.2 Å². The number of alkyl halides is 1. The van der Waals surface area contributed by atoms with Crippen LogP contribution in [-0.2, 0) is 0 Å². The number of hydrogen-bond acceptors (Lipinski definition) is 1. The smallest absolute Gasteiger partial charge is 0.435 e. The molecule has 0 aliphatic carbocycles. The second-order valence-electron chi connectivity index (χ2n) is 5.47. The van der Waals surface area contributed by atoms with E-state index in [4.69, 9.17) is 0 Å². The van der Waals surface area contributed by atoms with Gasteiger partial charge in [-0.25, -0.2) is 4.48 Å². The summed E-state index contributed by atoms with van der Waals surface area (Å²) in [7, 11) is 0. The first-order chi connectivity index (χ1) is 6.83. The van der Waals surface area contributed by atoms with Crippen molar-refractivity contribution in [1.82, 2.24) is 0 Å². The lowest BCUT2D eigenvalue weighted by molar-refractivity contribution is -0.908. The summed E-state index contributed by atoms with van der Waals surface area (Å²) in [6, 6.07) is 0. The van der Waals surface area contributed by atoms with Crippen LogP contribution in [0.3, 0.4) is 0 Å². The second-order valence-corrected chi connectivity index (χ2v) is 6.35. The number of quaternary nitrogens is 1. The third-order valence-corrected chi connectivity index (χ3v) is 4.95. The molecule has 1 saturated heterocycles. The summed E-state index contributed by atoms with van der Waals surface area (Å²) in [6.45, 7) is 7.67. The normalized spacial score (nSPS) is 32.7. The topological polar surface area (TPSA) is 37.3 Å². The molecule has 15 heavy (non-hydrogen) atoms. The highest BCUT2D eigenvalue weighted by atomic mass is 127. The minimum absolute atomic E-state index is 0.192. The van der Waals surface area contributed by atoms with Crippen molar-refractivity contribution in [3.63, 3.8) is 0 Å². The zero-order valence-electron chi connectivity index (χ0n) is 9.79. The van der Waals surface area contributed by atoms with Crippen molar-refractivity contribution in [2.24, 2.45) is 5.92 Å². The number of hydrogen-bond donors (Lipinski definition) is 1. The van der Waals surface area contributed by atoms with Crippen LogP contribution in [-0.4, -0.2) is 38.7 Å². The van der Waals surface area contributed by atoms with E-state index in [1.165, 1.54) is 0 Å². The Morgan fingerprint density at radius 3 is 2.13 bits per heavy atom. The summed E-state index contributed by atoms with van der Waals surface area (Å²) in [5.74, 6) is 0.721. The lowest BCUT2D eigenvalue weighted by Crippen LogP contribution is -2.66. The molecule has 1 N–H and O–H groups in total. The molecule has 3 nitrogen and oxygen atoms in total. The number of likely N-dealkylation sites (tertiary alicyclic amines) is 1. The van der Waals surface area contributed by atoms with Crippen molar-refractivity contribution in [3.05, 3.63) is 0 Å². The molecule has 1 heterocycles. The van der Waals surface area contributed by atoms with E-state index in [1.54, 1.807) is 0 Å². The molecule has 0 bridgehead atoms. The number of rotatable bonds is 1. The predicted molar refractivity (Wildman–Crippen MR) is 69.4 cm³/mol. The van der Waals surface area contributed by atoms with Gasteiger partial charge in [-0.1, -0.05) is 22.6 Å². The number of nitrogens with zero attached hydrogens (tertiary/aromatic N) is 1. The summed E-state index contributed by atoms with van der Waals surface area (Å²) < 4.78 is 1.39. The van der Waals surface area contributed by atoms with Crippen LogP contribution in [0.5, 0.6) is 0 Å². The molecule has 0 radical (unpaired) electrons. The highest BCUT2D eigenvalue weighted by Crippen LogP contribution is 2.33. The Morgan fingerprint density at radius 1 is 1.40 bits per heavy atom. The maximum absolute atomic E-state index is 11.5. The van der Waals surface area contributed by atoms with Gasteiger partial charge in [0, 0.05) is 17.3 Å². The number of carbonyl (C=O) groups is 1. The molecular weight excluding hydrogens is 305 g/mol. The van der Waals surface area contributed by atoms with Crippen LogP contribution in [0.25, 0.3) is 0 Å². The molecule has 0 saturated carbocycles. The average molecular weight is 326 g/mol. The molecule has 1 aliphatic heterocycles. The summed E-state index contributed by atoms with van der Waals surface area (Å²) in [6.07, 6.45) is 1.44. The number of carboxylic acid groups (broad SMARTS) is 1. The van der Waals surface area contributed by atoms with Crippen LogP contribution in [0, 0.1) is 5.92 Å². The van der Waals surface area contributed by atoms with Crippen LogP contribution < -0.4 is 0 Å². The van der Waals surface area contributed by atoms with Crippen LogP contribution in [0.15, 0.2) is 0 Å². The Balaban J connectivity index is 2.84. The number of amides is 1. The number of halogens is 1. The summed E-state index contributed by atoms with van der Waals surface area (Å²) in [4.78, 5) is 11.5. The molecule has 0 atom stereocenters. The Kier molecular flexibility index (Phi) is 4.03. The van der Waals surface area contributed by atoms with Crippen LogP contribution >= 0.6 is 22.6 Å². The van der Waals surface area contributed by atoms with Crippen molar-refractivity contribution in [3.8, 4) is 0 Å². The highest BCUT2D eigenvalue weighted by Gasteiger charge is 2.49. The van der Waals surface area contributed by atoms with E-state index in [1.807, 2.05) is 20.8 Å². The van der Waals surface area contributed by atoms with Gasteiger partial charge in [-0.15, -0.1) is 0 Å². The van der Waals surface area contributed by atoms with Crippen LogP contribution in [0.2, 0.25) is 0 Å². The first kappa shape index (κ1) is 13.2. The largest absolute Gasteiger partial charge is 0.513 e. The maximum Gasteiger partial charge on any atom is 0.513 e. The van der Waals surface area contributed by atoms with Gasteiger partial charge in [-0.2, -0.15) is 4.79 Å². The lowest BCUT2D eigenvalue weighted by atomic mass is 9.91. The monoisotopic (exact) mass is 326 g/mol. The standard InChI is InChI=1S/C11H20INO2/c1-11(2,3)13(10(14)15)6-4-9(8-12)5-7-13/h9H,4-8H2,1-3H3/p+1. The van der Waals surface area contributed by atoms with E-state index in [0.717, 1.165) is 36.3 Å². The van der Waals surface area contributed by atoms with E-state index < -0.39 is 6.09 Å². The van der Waals surface area contributed by atoms with E-state index in [2.05, 4.69) is 22.6 Å². The molecule has 1 fully saturated rings. The SMILES string of the molecule is CC(C)(C)[N+]1(C(=O)O)CCC(CI)CC1. The highest BCUT2D eigenvalue weighted by molar-refractivity contribution is 14.1. The summed E-state index contributed by atoms with van der Waals surface area (Å²) >= 11 is 2.40. The average Bonchev–Trinajstić information content (AvgIpc) is 2.16. The predicted octanol–water partition coefficient (Wildman–Crippen LogP) is 3.12. The zero-order chi connectivity index (χ0) is 11.7. The van der Waals surface area contributed by atoms with Gasteiger partial charge in [-0.3, -0.25) is 0 Å². The molecule has 0 spiro atoms. The second kappa shape index (κ2) is 4.57. The Hall–Kier alpha value is 0.160. The summed E-state index contributed by atoms with van der Waals surface area (Å²) in [5.41, 5.74) is -0.192. The fourth-order valence-electron chi connectivity index (χ4n) is 2.37. The van der Waals surface area contributed by atoms with Gasteiger partial charge in [0.25, 0.3) is 0 Å². The molecule has 1 amide bonds. The number of piperidine rings is 1. The lowest BCUT2D eigenvalue weighted by Gasteiger charge is -2.47. The molecule has 1 rings (SSSR count). The molecule has 1 aliphatic rings. The van der Waals surface area contributed by atoms with E-state index in [-0.39, 0.29) is 10.0 Å². The quantitative estimate of drug-likeness (QED) is 0.457. The molecule has 0 aromatic carbocycles. The van der Waals surface area contributed by atoms with Crippen LogP contribution in [0.1, 0.15) is 33.6 Å². The first-order valence-corrected chi connectivity index (χ1v) is 7.02. The molecule has 4 heteroatoms. The Bertz CT molecular complexity index is 239.